The van der Waals surface area contributed by atoms with Crippen molar-refractivity contribution in [2.45, 2.75) is 43.0 Å². The van der Waals surface area contributed by atoms with E-state index in [1.807, 2.05) is 5.48 Å². The summed E-state index contributed by atoms with van der Waals surface area (Å²) in [6, 6.07) is 9.34. The second kappa shape index (κ2) is 9.24. The van der Waals surface area contributed by atoms with Crippen LogP contribution in [0.3, 0.4) is 0 Å². The van der Waals surface area contributed by atoms with Gasteiger partial charge < -0.3 is 24.2 Å². The molecule has 2 aromatic rings. The molecule has 3 rings (SSSR count). The monoisotopic (exact) mass is 477 g/mol. The lowest BCUT2D eigenvalue weighted by molar-refractivity contribution is -0.274. The summed E-state index contributed by atoms with van der Waals surface area (Å²) in [5.41, 5.74) is 1.98. The molecular weight excluding hydrogens is 455 g/mol. The van der Waals surface area contributed by atoms with Gasteiger partial charge in [-0.25, -0.2) is 8.42 Å². The minimum atomic E-state index is -4.79. The fourth-order valence-electron chi connectivity index (χ4n) is 3.03. The van der Waals surface area contributed by atoms with Crippen LogP contribution in [0, 0.1) is 0 Å². The maximum Gasteiger partial charge on any atom is 0.573 e. The summed E-state index contributed by atoms with van der Waals surface area (Å²) in [4.78, 5) is -0.00259. The molecule has 1 heterocycles. The zero-order chi connectivity index (χ0) is 23.6. The van der Waals surface area contributed by atoms with Gasteiger partial charge in [-0.15, -0.1) is 13.2 Å². The highest BCUT2D eigenvalue weighted by molar-refractivity contribution is 7.91. The van der Waals surface area contributed by atoms with Crippen LogP contribution in [0.2, 0.25) is 0 Å². The molecule has 12 heteroatoms. The van der Waals surface area contributed by atoms with Crippen LogP contribution in [0.15, 0.2) is 53.4 Å². The molecule has 2 N–H and O–H groups in total. The molecule has 32 heavy (non-hydrogen) atoms. The van der Waals surface area contributed by atoms with Crippen LogP contribution in [0.1, 0.15) is 13.8 Å². The van der Waals surface area contributed by atoms with Crippen molar-refractivity contribution in [3.05, 3.63) is 48.5 Å². The molecule has 1 aliphatic heterocycles. The standard InChI is InChI=1S/C20H22F3NO7S/c1-19(2)28-11-18(31-19)17(24-25)12-32(26,27)16-9-7-14(8-10-16)29-13-3-5-15(6-4-13)30-20(21,22)23/h3-10,17-18,24-25H,11-12H2,1-2H3/t17-,18-/m1/s1. The number of alkyl halides is 3. The van der Waals surface area contributed by atoms with Gasteiger partial charge in [0.1, 0.15) is 23.4 Å². The SMILES string of the molecule is CC1(C)OC[C@H]([C@@H](CS(=O)(=O)c2ccc(Oc3ccc(OC(F)(F)F)cc3)cc2)NO)O1. The first kappa shape index (κ1) is 24.3. The smallest absolute Gasteiger partial charge is 0.457 e. The summed E-state index contributed by atoms with van der Waals surface area (Å²) < 4.78 is 82.5. The van der Waals surface area contributed by atoms with E-state index in [9.17, 15) is 26.8 Å². The number of hydrogen-bond acceptors (Lipinski definition) is 8. The van der Waals surface area contributed by atoms with E-state index in [0.717, 1.165) is 12.1 Å². The lowest BCUT2D eigenvalue weighted by Crippen LogP contribution is -2.45. The van der Waals surface area contributed by atoms with Gasteiger partial charge >= 0.3 is 6.36 Å². The van der Waals surface area contributed by atoms with Gasteiger partial charge in [0.05, 0.1) is 23.3 Å². The zero-order valence-electron chi connectivity index (χ0n) is 17.1. The van der Waals surface area contributed by atoms with Crippen molar-refractivity contribution in [1.82, 2.24) is 5.48 Å². The van der Waals surface area contributed by atoms with Crippen LogP contribution in [-0.2, 0) is 19.3 Å². The number of hydrogen-bond donors (Lipinski definition) is 2. The van der Waals surface area contributed by atoms with Crippen molar-refractivity contribution in [1.29, 1.82) is 0 Å². The van der Waals surface area contributed by atoms with E-state index in [-0.39, 0.29) is 23.0 Å². The lowest BCUT2D eigenvalue weighted by atomic mass is 10.2. The first-order valence-electron chi connectivity index (χ1n) is 9.45. The molecule has 8 nitrogen and oxygen atoms in total. The molecule has 2 aromatic carbocycles. The van der Waals surface area contributed by atoms with Crippen molar-refractivity contribution in [2.24, 2.45) is 0 Å². The van der Waals surface area contributed by atoms with Crippen molar-refractivity contribution in [2.75, 3.05) is 12.4 Å². The molecule has 0 amide bonds. The van der Waals surface area contributed by atoms with Gasteiger partial charge in [-0.1, -0.05) is 0 Å². The molecule has 0 saturated carbocycles. The lowest BCUT2D eigenvalue weighted by Gasteiger charge is -2.23. The normalized spacial score (nSPS) is 19.5. The molecule has 0 aromatic heterocycles. The first-order valence-corrected chi connectivity index (χ1v) is 11.1. The van der Waals surface area contributed by atoms with E-state index in [2.05, 4.69) is 4.74 Å². The van der Waals surface area contributed by atoms with Crippen molar-refractivity contribution >= 4 is 9.84 Å². The van der Waals surface area contributed by atoms with Gasteiger partial charge in [-0.2, -0.15) is 5.48 Å². The van der Waals surface area contributed by atoms with Crippen LogP contribution in [0.4, 0.5) is 13.2 Å². The summed E-state index contributed by atoms with van der Waals surface area (Å²) in [6.45, 7) is 3.50. The average Bonchev–Trinajstić information content (AvgIpc) is 3.06. The summed E-state index contributed by atoms with van der Waals surface area (Å²) in [7, 11) is -3.80. The largest absolute Gasteiger partial charge is 0.573 e. The van der Waals surface area contributed by atoms with Crippen LogP contribution in [0.25, 0.3) is 0 Å². The minimum absolute atomic E-state index is 0.00259. The number of benzene rings is 2. The minimum Gasteiger partial charge on any atom is -0.457 e. The Balaban J connectivity index is 1.64. The van der Waals surface area contributed by atoms with Crippen LogP contribution >= 0.6 is 0 Å². The zero-order valence-corrected chi connectivity index (χ0v) is 17.9. The molecule has 2 atom stereocenters. The van der Waals surface area contributed by atoms with Crippen LogP contribution in [-0.4, -0.2) is 50.3 Å². The van der Waals surface area contributed by atoms with Crippen LogP contribution < -0.4 is 15.0 Å². The maximum atomic E-state index is 12.7. The molecule has 0 spiro atoms. The van der Waals surface area contributed by atoms with Crippen molar-refractivity contribution in [3.63, 3.8) is 0 Å². The predicted octanol–water partition coefficient (Wildman–Crippen LogP) is 3.65. The van der Waals surface area contributed by atoms with Gasteiger partial charge in [-0.05, 0) is 62.4 Å². The summed E-state index contributed by atoms with van der Waals surface area (Å²) in [5.74, 6) is -1.19. The third kappa shape index (κ3) is 6.56. The molecule has 0 radical (unpaired) electrons. The molecule has 1 saturated heterocycles. The van der Waals surface area contributed by atoms with Crippen LogP contribution in [0.5, 0.6) is 17.2 Å². The number of ether oxygens (including phenoxy) is 4. The Morgan fingerprint density at radius 2 is 1.62 bits per heavy atom. The van der Waals surface area contributed by atoms with E-state index in [4.69, 9.17) is 14.2 Å². The molecular formula is C20H22F3NO7S. The van der Waals surface area contributed by atoms with Crippen molar-refractivity contribution in [3.8, 4) is 17.2 Å². The molecule has 1 aliphatic rings. The van der Waals surface area contributed by atoms with E-state index < -0.39 is 45.6 Å². The Bertz CT molecular complexity index is 1010. The summed E-state index contributed by atoms with van der Waals surface area (Å²) in [5, 5.41) is 9.42. The Hall–Kier alpha value is -2.38. The number of rotatable bonds is 8. The Labute approximate surface area is 182 Å². The fourth-order valence-corrected chi connectivity index (χ4v) is 4.54. The molecule has 0 unspecified atom stereocenters. The number of sulfone groups is 1. The third-order valence-electron chi connectivity index (χ3n) is 4.52. The van der Waals surface area contributed by atoms with Gasteiger partial charge in [0.25, 0.3) is 0 Å². The van der Waals surface area contributed by atoms with Gasteiger partial charge in [-0.3, -0.25) is 0 Å². The molecule has 1 fully saturated rings. The van der Waals surface area contributed by atoms with Gasteiger partial charge in [0, 0.05) is 0 Å². The van der Waals surface area contributed by atoms with E-state index in [1.54, 1.807) is 13.8 Å². The summed E-state index contributed by atoms with van der Waals surface area (Å²) in [6.07, 6.45) is -5.45. The highest BCUT2D eigenvalue weighted by Gasteiger charge is 2.39. The van der Waals surface area contributed by atoms with E-state index in [1.165, 1.54) is 36.4 Å². The fraction of sp³-hybridized carbons (Fsp3) is 0.400. The number of halogens is 3. The highest BCUT2D eigenvalue weighted by atomic mass is 32.2. The number of hydroxylamine groups is 1. The topological polar surface area (TPSA) is 103 Å². The Morgan fingerprint density at radius 1 is 1.09 bits per heavy atom. The van der Waals surface area contributed by atoms with Gasteiger partial charge in [0.15, 0.2) is 15.6 Å². The Morgan fingerprint density at radius 3 is 2.09 bits per heavy atom. The molecule has 0 aliphatic carbocycles. The molecule has 176 valence electrons. The van der Waals surface area contributed by atoms with E-state index >= 15 is 0 Å². The van der Waals surface area contributed by atoms with Gasteiger partial charge in [0.2, 0.25) is 0 Å². The maximum absolute atomic E-state index is 12.7. The summed E-state index contributed by atoms with van der Waals surface area (Å²) >= 11 is 0. The van der Waals surface area contributed by atoms with E-state index in [0.29, 0.717) is 0 Å². The first-order chi connectivity index (χ1) is 14.9. The second-order valence-electron chi connectivity index (χ2n) is 7.48. The van der Waals surface area contributed by atoms with Crippen molar-refractivity contribution < 1.29 is 45.7 Å². The second-order valence-corrected chi connectivity index (χ2v) is 9.51. The Kier molecular flexibility index (Phi) is 7.00. The number of nitrogens with one attached hydrogen (secondary N) is 1. The third-order valence-corrected chi connectivity index (χ3v) is 6.31. The molecule has 0 bridgehead atoms. The average molecular weight is 477 g/mol. The quantitative estimate of drug-likeness (QED) is 0.556. The predicted molar refractivity (Wildman–Crippen MR) is 105 cm³/mol. The highest BCUT2D eigenvalue weighted by Crippen LogP contribution is 2.29.